The van der Waals surface area contributed by atoms with E-state index in [0.29, 0.717) is 5.56 Å². The Morgan fingerprint density at radius 3 is 2.67 bits per heavy atom. The van der Waals surface area contributed by atoms with Crippen LogP contribution in [0.15, 0.2) is 18.2 Å². The van der Waals surface area contributed by atoms with Gasteiger partial charge in [0, 0.05) is 17.1 Å². The predicted octanol–water partition coefficient (Wildman–Crippen LogP) is 3.88. The molecule has 5 heteroatoms. The fraction of sp³-hybridized carbons (Fsp3) is 0.500. The molecule has 0 unspecified atom stereocenters. The molecule has 0 bridgehead atoms. The van der Waals surface area contributed by atoms with Gasteiger partial charge in [0.05, 0.1) is 11.1 Å². The maximum Gasteiger partial charge on any atom is 0.339 e. The minimum Gasteiger partial charge on any atom is -0.452 e. The Bertz CT molecular complexity index is 856. The molecule has 144 valence electrons. The lowest BCUT2D eigenvalue weighted by molar-refractivity contribution is -0.125. The van der Waals surface area contributed by atoms with Crippen LogP contribution >= 0.6 is 0 Å². The van der Waals surface area contributed by atoms with Gasteiger partial charge >= 0.3 is 5.97 Å². The molecule has 1 aliphatic rings. The standard InChI is InChI=1S/C22H28N2O3/c1-4-15(5-2)23-20(25)13-27-22(26)21-16-8-6-7-9-18(16)24-19-11-10-14(3)12-17(19)21/h10-12,15H,4-9,13H2,1-3H3,(H,23,25). The summed E-state index contributed by atoms with van der Waals surface area (Å²) in [4.78, 5) is 29.8. The molecular weight excluding hydrogens is 340 g/mol. The largest absolute Gasteiger partial charge is 0.452 e. The number of carbonyl (C=O) groups excluding carboxylic acids is 2. The van der Waals surface area contributed by atoms with Crippen molar-refractivity contribution in [2.75, 3.05) is 6.61 Å². The van der Waals surface area contributed by atoms with Gasteiger partial charge in [0.25, 0.3) is 5.91 Å². The van der Waals surface area contributed by atoms with E-state index in [1.807, 2.05) is 39.0 Å². The predicted molar refractivity (Wildman–Crippen MR) is 106 cm³/mol. The van der Waals surface area contributed by atoms with Gasteiger partial charge < -0.3 is 10.1 Å². The first-order chi connectivity index (χ1) is 13.0. The summed E-state index contributed by atoms with van der Waals surface area (Å²) in [6.07, 6.45) is 5.56. The quantitative estimate of drug-likeness (QED) is 0.786. The molecule has 0 saturated carbocycles. The SMILES string of the molecule is CCC(CC)NC(=O)COC(=O)c1c2c(nc3ccc(C)cc13)CCCC2. The van der Waals surface area contributed by atoms with Crippen LogP contribution in [0, 0.1) is 6.92 Å². The van der Waals surface area contributed by atoms with Crippen LogP contribution in [0.2, 0.25) is 0 Å². The number of carbonyl (C=O) groups is 2. The lowest BCUT2D eigenvalue weighted by Gasteiger charge is -2.20. The number of aromatic nitrogens is 1. The van der Waals surface area contributed by atoms with E-state index in [4.69, 9.17) is 9.72 Å². The minimum atomic E-state index is -0.425. The fourth-order valence-electron chi connectivity index (χ4n) is 3.74. The van der Waals surface area contributed by atoms with E-state index in [1.165, 1.54) is 0 Å². The number of ether oxygens (including phenoxy) is 1. The van der Waals surface area contributed by atoms with Gasteiger partial charge in [-0.2, -0.15) is 0 Å². The molecule has 1 aromatic carbocycles. The second-order valence-corrected chi connectivity index (χ2v) is 7.30. The zero-order chi connectivity index (χ0) is 19.4. The molecule has 1 aromatic heterocycles. The van der Waals surface area contributed by atoms with Crippen molar-refractivity contribution in [3.63, 3.8) is 0 Å². The van der Waals surface area contributed by atoms with E-state index in [9.17, 15) is 9.59 Å². The number of aryl methyl sites for hydroxylation is 2. The number of amides is 1. The highest BCUT2D eigenvalue weighted by molar-refractivity contribution is 6.05. The Morgan fingerprint density at radius 1 is 1.19 bits per heavy atom. The van der Waals surface area contributed by atoms with Crippen molar-refractivity contribution in [1.29, 1.82) is 0 Å². The van der Waals surface area contributed by atoms with E-state index in [2.05, 4.69) is 5.32 Å². The molecule has 27 heavy (non-hydrogen) atoms. The highest BCUT2D eigenvalue weighted by Gasteiger charge is 2.24. The first-order valence-electron chi connectivity index (χ1n) is 9.92. The molecular formula is C22H28N2O3. The van der Waals surface area contributed by atoms with E-state index in [1.54, 1.807) is 0 Å². The van der Waals surface area contributed by atoms with E-state index in [-0.39, 0.29) is 18.6 Å². The van der Waals surface area contributed by atoms with Gasteiger partial charge in [-0.1, -0.05) is 25.5 Å². The van der Waals surface area contributed by atoms with Crippen molar-refractivity contribution in [2.24, 2.45) is 0 Å². The first kappa shape index (κ1) is 19.3. The number of esters is 1. The van der Waals surface area contributed by atoms with Crippen molar-refractivity contribution >= 4 is 22.8 Å². The Balaban J connectivity index is 1.87. The van der Waals surface area contributed by atoms with Gasteiger partial charge in [-0.15, -0.1) is 0 Å². The molecule has 1 aliphatic carbocycles. The number of hydrogen-bond acceptors (Lipinski definition) is 4. The molecule has 0 radical (unpaired) electrons. The second kappa shape index (κ2) is 8.51. The maximum atomic E-state index is 12.9. The molecule has 0 fully saturated rings. The highest BCUT2D eigenvalue weighted by atomic mass is 16.5. The monoisotopic (exact) mass is 368 g/mol. The molecule has 1 N–H and O–H groups in total. The molecule has 3 rings (SSSR count). The minimum absolute atomic E-state index is 0.119. The summed E-state index contributed by atoms with van der Waals surface area (Å²) in [6, 6.07) is 6.06. The number of rotatable bonds is 6. The van der Waals surface area contributed by atoms with Crippen molar-refractivity contribution in [2.45, 2.75) is 65.3 Å². The van der Waals surface area contributed by atoms with Crippen LogP contribution in [0.1, 0.15) is 66.7 Å². The molecule has 1 amide bonds. The fourth-order valence-corrected chi connectivity index (χ4v) is 3.74. The molecule has 0 aliphatic heterocycles. The van der Waals surface area contributed by atoms with Crippen molar-refractivity contribution in [1.82, 2.24) is 10.3 Å². The van der Waals surface area contributed by atoms with Gasteiger partial charge in [0.15, 0.2) is 6.61 Å². The summed E-state index contributed by atoms with van der Waals surface area (Å²) in [5, 5.41) is 3.72. The molecule has 5 nitrogen and oxygen atoms in total. The van der Waals surface area contributed by atoms with Crippen molar-refractivity contribution < 1.29 is 14.3 Å². The summed E-state index contributed by atoms with van der Waals surface area (Å²) in [7, 11) is 0. The Morgan fingerprint density at radius 2 is 1.93 bits per heavy atom. The third kappa shape index (κ3) is 4.29. The van der Waals surface area contributed by atoms with Crippen LogP contribution in [0.5, 0.6) is 0 Å². The van der Waals surface area contributed by atoms with Crippen molar-refractivity contribution in [3.8, 4) is 0 Å². The number of fused-ring (bicyclic) bond motifs is 2. The van der Waals surface area contributed by atoms with Crippen molar-refractivity contribution in [3.05, 3.63) is 40.6 Å². The number of hydrogen-bond donors (Lipinski definition) is 1. The second-order valence-electron chi connectivity index (χ2n) is 7.30. The van der Waals surface area contributed by atoms with Crippen LogP contribution in [-0.2, 0) is 22.4 Å². The topological polar surface area (TPSA) is 68.3 Å². The Labute approximate surface area is 160 Å². The third-order valence-corrected chi connectivity index (χ3v) is 5.31. The van der Waals surface area contributed by atoms with Gasteiger partial charge in [0.1, 0.15) is 0 Å². The lowest BCUT2D eigenvalue weighted by Crippen LogP contribution is -2.37. The Kier molecular flexibility index (Phi) is 6.09. The van der Waals surface area contributed by atoms with Crippen LogP contribution < -0.4 is 5.32 Å². The summed E-state index contributed by atoms with van der Waals surface area (Å²) in [5.41, 5.74) is 4.46. The van der Waals surface area contributed by atoms with Crippen LogP contribution in [0.4, 0.5) is 0 Å². The van der Waals surface area contributed by atoms with Gasteiger partial charge in [-0.3, -0.25) is 9.78 Å². The average Bonchev–Trinajstić information content (AvgIpc) is 2.68. The lowest BCUT2D eigenvalue weighted by atomic mass is 9.89. The molecule has 2 aromatic rings. The normalized spacial score (nSPS) is 13.5. The maximum absolute atomic E-state index is 12.9. The highest BCUT2D eigenvalue weighted by Crippen LogP contribution is 2.30. The van der Waals surface area contributed by atoms with Crippen LogP contribution in [0.3, 0.4) is 0 Å². The van der Waals surface area contributed by atoms with Crippen LogP contribution in [0.25, 0.3) is 10.9 Å². The number of nitrogens with one attached hydrogen (secondary N) is 1. The van der Waals surface area contributed by atoms with E-state index < -0.39 is 5.97 Å². The average molecular weight is 368 g/mol. The van der Waals surface area contributed by atoms with Gasteiger partial charge in [-0.25, -0.2) is 4.79 Å². The van der Waals surface area contributed by atoms with Gasteiger partial charge in [-0.05, 0) is 63.1 Å². The number of pyridine rings is 1. The Hall–Kier alpha value is -2.43. The van der Waals surface area contributed by atoms with E-state index in [0.717, 1.165) is 66.2 Å². The third-order valence-electron chi connectivity index (χ3n) is 5.31. The molecule has 0 saturated heterocycles. The number of benzene rings is 1. The molecule has 0 atom stereocenters. The van der Waals surface area contributed by atoms with Gasteiger partial charge in [0.2, 0.25) is 0 Å². The molecule has 0 spiro atoms. The summed E-state index contributed by atoms with van der Waals surface area (Å²) < 4.78 is 5.42. The number of nitrogens with zero attached hydrogens (tertiary/aromatic N) is 1. The van der Waals surface area contributed by atoms with Crippen LogP contribution in [-0.4, -0.2) is 29.5 Å². The van der Waals surface area contributed by atoms with E-state index >= 15 is 0 Å². The summed E-state index contributed by atoms with van der Waals surface area (Å²) in [5.74, 6) is -0.675. The summed E-state index contributed by atoms with van der Waals surface area (Å²) in [6.45, 7) is 5.80. The zero-order valence-corrected chi connectivity index (χ0v) is 16.4. The molecule has 1 heterocycles. The smallest absolute Gasteiger partial charge is 0.339 e. The summed E-state index contributed by atoms with van der Waals surface area (Å²) >= 11 is 0. The zero-order valence-electron chi connectivity index (χ0n) is 16.4. The first-order valence-corrected chi connectivity index (χ1v) is 9.92.